The lowest BCUT2D eigenvalue weighted by molar-refractivity contribution is 1.55. The van der Waals surface area contributed by atoms with Crippen LogP contribution >= 0.6 is 0 Å². The molecule has 366 valence electrons. The minimum atomic E-state index is 1.14. The molecule has 13 rings (SSSR count). The molecule has 0 saturated carbocycles. The van der Waals surface area contributed by atoms with Crippen LogP contribution in [0.4, 0.5) is 0 Å². The van der Waals surface area contributed by atoms with Gasteiger partial charge in [-0.1, -0.05) is 291 Å². The van der Waals surface area contributed by atoms with Crippen LogP contribution in [0.2, 0.25) is 0 Å². The van der Waals surface area contributed by atoms with E-state index in [0.717, 1.165) is 22.3 Å². The average molecular weight is 991 g/mol. The molecule has 0 heteroatoms. The van der Waals surface area contributed by atoms with E-state index in [0.29, 0.717) is 0 Å². The first-order valence-electron chi connectivity index (χ1n) is 26.9. The molecule has 0 aliphatic carbocycles. The average Bonchev–Trinajstić information content (AvgIpc) is 3.54. The first-order chi connectivity index (χ1) is 38.7. The molecule has 0 bridgehead atoms. The van der Waals surface area contributed by atoms with Crippen molar-refractivity contribution >= 4 is 44.8 Å². The summed E-state index contributed by atoms with van der Waals surface area (Å²) in [5.41, 5.74) is 23.5. The molecule has 0 unspecified atom stereocenters. The summed E-state index contributed by atoms with van der Waals surface area (Å²) >= 11 is 0. The second-order valence-corrected chi connectivity index (χ2v) is 19.9. The Morgan fingerprint density at radius 3 is 0.615 bits per heavy atom. The largest absolute Gasteiger partial charge is 0.0622 e. The predicted octanol–water partition coefficient (Wildman–Crippen LogP) is 21.2. The molecule has 0 heterocycles. The van der Waals surface area contributed by atoms with Crippen molar-refractivity contribution in [3.63, 3.8) is 0 Å². The van der Waals surface area contributed by atoms with E-state index >= 15 is 0 Å². The second kappa shape index (κ2) is 21.6. The number of rotatable bonds is 12. The standard InChI is InChI=1S/C78H54/c1-9-25-57(26-10-1)67(58-27-11-2-12-28-58)49-55-41-45-65(46-42-55)77-73-51-69(61-33-17-5-18-34-61)71(63-37-21-7-22-38-63)53-75(73)78(76-54-72(64-39-23-8-24-40-64)70(52-74(76)77)62-35-19-6-20-36-62)66-47-43-56(44-48-66)50-68(59-29-13-3-14-30-59)60-31-15-4-16-32-60/h1-54H. The number of fused-ring (bicyclic) bond motifs is 2. The van der Waals surface area contributed by atoms with Crippen molar-refractivity contribution in [2.24, 2.45) is 0 Å². The smallest absolute Gasteiger partial charge is 0.00259 e. The molecule has 0 aliphatic heterocycles. The molecule has 0 spiro atoms. The van der Waals surface area contributed by atoms with E-state index in [-0.39, 0.29) is 0 Å². The zero-order valence-corrected chi connectivity index (χ0v) is 43.2. The fourth-order valence-corrected chi connectivity index (χ4v) is 11.3. The Bertz CT molecular complexity index is 3730. The monoisotopic (exact) mass is 990 g/mol. The van der Waals surface area contributed by atoms with Gasteiger partial charge >= 0.3 is 0 Å². The summed E-state index contributed by atoms with van der Waals surface area (Å²) in [6.45, 7) is 0. The lowest BCUT2D eigenvalue weighted by atomic mass is 9.80. The Balaban J connectivity index is 1.12. The summed E-state index contributed by atoms with van der Waals surface area (Å²) < 4.78 is 0. The van der Waals surface area contributed by atoms with Gasteiger partial charge in [0.25, 0.3) is 0 Å². The molecule has 78 heavy (non-hydrogen) atoms. The summed E-state index contributed by atoms with van der Waals surface area (Å²) in [6, 6.07) is 115. The Hall–Kier alpha value is -10.1. The van der Waals surface area contributed by atoms with Crippen molar-refractivity contribution < 1.29 is 0 Å². The van der Waals surface area contributed by atoms with E-state index in [9.17, 15) is 0 Å². The van der Waals surface area contributed by atoms with Gasteiger partial charge in [0.2, 0.25) is 0 Å². The third kappa shape index (κ3) is 9.60. The van der Waals surface area contributed by atoms with E-state index in [4.69, 9.17) is 0 Å². The van der Waals surface area contributed by atoms with Gasteiger partial charge in [-0.3, -0.25) is 0 Å². The molecular formula is C78H54. The van der Waals surface area contributed by atoms with Crippen LogP contribution in [0.15, 0.2) is 315 Å². The van der Waals surface area contributed by atoms with Crippen LogP contribution in [0.3, 0.4) is 0 Å². The van der Waals surface area contributed by atoms with Crippen molar-refractivity contribution in [2.75, 3.05) is 0 Å². The maximum absolute atomic E-state index is 2.48. The van der Waals surface area contributed by atoms with E-state index in [1.165, 1.54) is 111 Å². The molecule has 0 fully saturated rings. The molecule has 0 radical (unpaired) electrons. The Morgan fingerprint density at radius 2 is 0.397 bits per heavy atom. The summed E-state index contributed by atoms with van der Waals surface area (Å²) in [6.07, 6.45) is 4.66. The van der Waals surface area contributed by atoms with E-state index < -0.39 is 0 Å². The quantitative estimate of drug-likeness (QED) is 0.0845. The van der Waals surface area contributed by atoms with Gasteiger partial charge in [0.1, 0.15) is 0 Å². The van der Waals surface area contributed by atoms with Crippen molar-refractivity contribution in [1.29, 1.82) is 0 Å². The lowest BCUT2D eigenvalue weighted by Crippen LogP contribution is -1.96. The van der Waals surface area contributed by atoms with Crippen molar-refractivity contribution in [2.45, 2.75) is 0 Å². The normalized spacial score (nSPS) is 11.1. The van der Waals surface area contributed by atoms with Crippen LogP contribution in [-0.2, 0) is 0 Å². The van der Waals surface area contributed by atoms with Crippen LogP contribution in [0.25, 0.3) is 112 Å². The molecule has 0 saturated heterocycles. The van der Waals surface area contributed by atoms with Crippen LogP contribution in [-0.4, -0.2) is 0 Å². The Kier molecular flexibility index (Phi) is 13.2. The molecule has 13 aromatic carbocycles. The van der Waals surface area contributed by atoms with Crippen molar-refractivity contribution in [3.8, 4) is 66.8 Å². The SMILES string of the molecule is C(=C(c1ccccc1)c1ccccc1)c1ccc(-c2c3cc(-c4ccccc4)c(-c4ccccc4)cc3c(-c3ccc(C=C(c4ccccc4)c4ccccc4)cc3)c3cc(-c4ccccc4)c(-c4ccccc4)cc23)cc1. The summed E-state index contributed by atoms with van der Waals surface area (Å²) in [5, 5.41) is 4.78. The maximum Gasteiger partial charge on any atom is -0.00259 e. The van der Waals surface area contributed by atoms with Gasteiger partial charge < -0.3 is 0 Å². The van der Waals surface area contributed by atoms with E-state index in [1.54, 1.807) is 0 Å². The number of hydrogen-bond donors (Lipinski definition) is 0. The summed E-state index contributed by atoms with van der Waals surface area (Å²) in [4.78, 5) is 0. The van der Waals surface area contributed by atoms with E-state index in [2.05, 4.69) is 328 Å². The van der Waals surface area contributed by atoms with Gasteiger partial charge in [-0.15, -0.1) is 0 Å². The molecule has 0 atom stereocenters. The van der Waals surface area contributed by atoms with Crippen LogP contribution in [0.5, 0.6) is 0 Å². The fraction of sp³-hybridized carbons (Fsp3) is 0. The van der Waals surface area contributed by atoms with Gasteiger partial charge in [0.05, 0.1) is 0 Å². The van der Waals surface area contributed by atoms with Gasteiger partial charge in [0, 0.05) is 0 Å². The maximum atomic E-state index is 2.48. The molecule has 0 amide bonds. The summed E-state index contributed by atoms with van der Waals surface area (Å²) in [7, 11) is 0. The highest BCUT2D eigenvalue weighted by molar-refractivity contribution is 6.24. The molecule has 0 N–H and O–H groups in total. The van der Waals surface area contributed by atoms with Gasteiger partial charge in [-0.05, 0) is 169 Å². The molecule has 13 aromatic rings. The van der Waals surface area contributed by atoms with Crippen molar-refractivity contribution in [3.05, 3.63) is 349 Å². The first-order valence-corrected chi connectivity index (χ1v) is 26.9. The highest BCUT2D eigenvalue weighted by Crippen LogP contribution is 2.50. The third-order valence-electron chi connectivity index (χ3n) is 15.1. The molecule has 0 aromatic heterocycles. The first kappa shape index (κ1) is 47.6. The minimum Gasteiger partial charge on any atom is -0.0622 e. The number of hydrogen-bond acceptors (Lipinski definition) is 0. The van der Waals surface area contributed by atoms with Gasteiger partial charge in [-0.2, -0.15) is 0 Å². The van der Waals surface area contributed by atoms with Crippen molar-refractivity contribution in [1.82, 2.24) is 0 Å². The fourth-order valence-electron chi connectivity index (χ4n) is 11.3. The molecule has 0 aliphatic rings. The highest BCUT2D eigenvalue weighted by Gasteiger charge is 2.23. The van der Waals surface area contributed by atoms with E-state index in [1.807, 2.05) is 0 Å². The predicted molar refractivity (Wildman–Crippen MR) is 334 cm³/mol. The number of benzene rings is 13. The lowest BCUT2D eigenvalue weighted by Gasteiger charge is -2.23. The third-order valence-corrected chi connectivity index (χ3v) is 15.1. The highest BCUT2D eigenvalue weighted by atomic mass is 14.3. The zero-order chi connectivity index (χ0) is 52.0. The van der Waals surface area contributed by atoms with Crippen LogP contribution in [0.1, 0.15) is 33.4 Å². The second-order valence-electron chi connectivity index (χ2n) is 19.9. The minimum absolute atomic E-state index is 1.14. The van der Waals surface area contributed by atoms with Crippen LogP contribution < -0.4 is 0 Å². The summed E-state index contributed by atoms with van der Waals surface area (Å²) in [5.74, 6) is 0. The Labute approximate surface area is 457 Å². The van der Waals surface area contributed by atoms with Crippen LogP contribution in [0, 0.1) is 0 Å². The zero-order valence-electron chi connectivity index (χ0n) is 43.2. The van der Waals surface area contributed by atoms with Gasteiger partial charge in [-0.25, -0.2) is 0 Å². The Morgan fingerprint density at radius 1 is 0.192 bits per heavy atom. The topological polar surface area (TPSA) is 0 Å². The van der Waals surface area contributed by atoms with Gasteiger partial charge in [0.15, 0.2) is 0 Å². The molecule has 0 nitrogen and oxygen atoms in total. The molecular weight excluding hydrogens is 937 g/mol.